The molecule has 5 rings (SSSR count). The Balaban J connectivity index is 1.29. The first kappa shape index (κ1) is 23.5. The number of rotatable bonds is 7. The molecule has 2 aliphatic rings. The zero-order valence-electron chi connectivity index (χ0n) is 20.2. The highest BCUT2D eigenvalue weighted by Gasteiger charge is 2.22. The van der Waals surface area contributed by atoms with Crippen molar-refractivity contribution in [1.29, 1.82) is 0 Å². The SMILES string of the molecule is CN(c1ccc(C2CCOCC2)cc1)c1ccc2c(c1)CCN[C@@H]2CCc1cnccc1C(=O)O. The van der Waals surface area contributed by atoms with Gasteiger partial charge in [0.15, 0.2) is 0 Å². The number of hydrogen-bond donors (Lipinski definition) is 2. The van der Waals surface area contributed by atoms with Crippen LogP contribution in [0.4, 0.5) is 11.4 Å². The first-order valence-electron chi connectivity index (χ1n) is 12.5. The van der Waals surface area contributed by atoms with Gasteiger partial charge in [-0.25, -0.2) is 4.79 Å². The van der Waals surface area contributed by atoms with Crippen LogP contribution < -0.4 is 10.2 Å². The summed E-state index contributed by atoms with van der Waals surface area (Å²) >= 11 is 0. The van der Waals surface area contributed by atoms with Crippen molar-refractivity contribution in [1.82, 2.24) is 10.3 Å². The number of hydrogen-bond acceptors (Lipinski definition) is 5. The molecule has 3 aromatic rings. The maximum Gasteiger partial charge on any atom is 0.336 e. The van der Waals surface area contributed by atoms with Crippen molar-refractivity contribution in [3.8, 4) is 0 Å². The summed E-state index contributed by atoms with van der Waals surface area (Å²) in [5, 5.41) is 13.1. The maximum atomic E-state index is 11.5. The summed E-state index contributed by atoms with van der Waals surface area (Å²) in [6.45, 7) is 2.64. The van der Waals surface area contributed by atoms with Crippen LogP contribution in [-0.2, 0) is 17.6 Å². The van der Waals surface area contributed by atoms with Crippen LogP contribution in [-0.4, -0.2) is 42.9 Å². The van der Waals surface area contributed by atoms with Crippen molar-refractivity contribution in [3.63, 3.8) is 0 Å². The summed E-state index contributed by atoms with van der Waals surface area (Å²) in [6.07, 6.45) is 7.93. The largest absolute Gasteiger partial charge is 0.478 e. The number of nitrogens with one attached hydrogen (secondary N) is 1. The number of nitrogens with zero attached hydrogens (tertiary/aromatic N) is 2. The molecular weight excluding hydrogens is 438 g/mol. The number of carbonyl (C=O) groups is 1. The molecule has 6 nitrogen and oxygen atoms in total. The lowest BCUT2D eigenvalue weighted by molar-refractivity contribution is 0.0695. The van der Waals surface area contributed by atoms with E-state index >= 15 is 0 Å². The fraction of sp³-hybridized carbons (Fsp3) is 0.379. The van der Waals surface area contributed by atoms with E-state index in [1.165, 1.54) is 34.3 Å². The van der Waals surface area contributed by atoms with Crippen LogP contribution in [0.15, 0.2) is 60.9 Å². The molecule has 6 heteroatoms. The van der Waals surface area contributed by atoms with E-state index in [9.17, 15) is 9.90 Å². The molecule has 182 valence electrons. The third-order valence-corrected chi connectivity index (χ3v) is 7.48. The number of anilines is 2. The number of aryl methyl sites for hydroxylation is 1. The summed E-state index contributed by atoms with van der Waals surface area (Å²) in [4.78, 5) is 17.9. The lowest BCUT2D eigenvalue weighted by atomic mass is 9.89. The molecule has 2 aliphatic heterocycles. The van der Waals surface area contributed by atoms with Crippen molar-refractivity contribution >= 4 is 17.3 Å². The highest BCUT2D eigenvalue weighted by Crippen LogP contribution is 2.33. The van der Waals surface area contributed by atoms with Gasteiger partial charge in [0.1, 0.15) is 0 Å². The van der Waals surface area contributed by atoms with E-state index in [2.05, 4.69) is 64.7 Å². The Labute approximate surface area is 207 Å². The Morgan fingerprint density at radius 2 is 1.89 bits per heavy atom. The molecule has 1 aromatic heterocycles. The van der Waals surface area contributed by atoms with E-state index in [0.29, 0.717) is 17.9 Å². The maximum absolute atomic E-state index is 11.5. The second kappa shape index (κ2) is 10.6. The minimum absolute atomic E-state index is 0.207. The average molecular weight is 472 g/mol. The summed E-state index contributed by atoms with van der Waals surface area (Å²) in [5.41, 5.74) is 7.58. The van der Waals surface area contributed by atoms with E-state index in [0.717, 1.165) is 51.0 Å². The first-order chi connectivity index (χ1) is 17.1. The molecule has 3 heterocycles. The molecule has 2 N–H and O–H groups in total. The van der Waals surface area contributed by atoms with Crippen molar-refractivity contribution < 1.29 is 14.6 Å². The lowest BCUT2D eigenvalue weighted by Gasteiger charge is -2.29. The van der Waals surface area contributed by atoms with Crippen molar-refractivity contribution in [2.75, 3.05) is 31.7 Å². The van der Waals surface area contributed by atoms with E-state index < -0.39 is 5.97 Å². The van der Waals surface area contributed by atoms with E-state index in [1.54, 1.807) is 12.3 Å². The van der Waals surface area contributed by atoms with Crippen LogP contribution >= 0.6 is 0 Å². The Morgan fingerprint density at radius 3 is 2.66 bits per heavy atom. The Kier molecular flexibility index (Phi) is 7.11. The molecule has 2 aromatic carbocycles. The predicted molar refractivity (Wildman–Crippen MR) is 138 cm³/mol. The van der Waals surface area contributed by atoms with E-state index in [-0.39, 0.29) is 6.04 Å². The number of fused-ring (bicyclic) bond motifs is 1. The van der Waals surface area contributed by atoms with Crippen molar-refractivity contribution in [2.24, 2.45) is 0 Å². The number of carboxylic acid groups (broad SMARTS) is 1. The monoisotopic (exact) mass is 471 g/mol. The average Bonchev–Trinajstić information content (AvgIpc) is 2.92. The molecule has 0 spiro atoms. The van der Waals surface area contributed by atoms with Crippen LogP contribution in [0.5, 0.6) is 0 Å². The number of aromatic nitrogens is 1. The van der Waals surface area contributed by atoms with Crippen LogP contribution in [0.2, 0.25) is 0 Å². The van der Waals surface area contributed by atoms with Gasteiger partial charge < -0.3 is 20.1 Å². The molecular formula is C29H33N3O3. The molecule has 0 saturated carbocycles. The van der Waals surface area contributed by atoms with Crippen molar-refractivity contribution in [3.05, 3.63) is 88.7 Å². The van der Waals surface area contributed by atoms with Crippen molar-refractivity contribution in [2.45, 2.75) is 44.1 Å². The number of aromatic carboxylic acids is 1. The normalized spacial score (nSPS) is 18.1. The van der Waals surface area contributed by atoms with Gasteiger partial charge in [0.2, 0.25) is 0 Å². The smallest absolute Gasteiger partial charge is 0.336 e. The summed E-state index contributed by atoms with van der Waals surface area (Å²) in [5.74, 6) is -0.289. The van der Waals surface area contributed by atoms with Gasteiger partial charge in [-0.15, -0.1) is 0 Å². The summed E-state index contributed by atoms with van der Waals surface area (Å²) in [7, 11) is 2.12. The number of pyridine rings is 1. The zero-order valence-corrected chi connectivity index (χ0v) is 20.2. The Morgan fingerprint density at radius 1 is 1.11 bits per heavy atom. The second-order valence-electron chi connectivity index (χ2n) is 9.55. The van der Waals surface area contributed by atoms with Gasteiger partial charge in [-0.1, -0.05) is 18.2 Å². The Hall–Kier alpha value is -3.22. The molecule has 0 bridgehead atoms. The zero-order chi connectivity index (χ0) is 24.2. The fourth-order valence-electron chi connectivity index (χ4n) is 5.39. The number of benzene rings is 2. The van der Waals surface area contributed by atoms with Gasteiger partial charge >= 0.3 is 5.97 Å². The van der Waals surface area contributed by atoms with Gasteiger partial charge in [0, 0.05) is 50.1 Å². The van der Waals surface area contributed by atoms with Crippen LogP contribution in [0.3, 0.4) is 0 Å². The van der Waals surface area contributed by atoms with E-state index in [4.69, 9.17) is 4.74 Å². The molecule has 1 saturated heterocycles. The quantitative estimate of drug-likeness (QED) is 0.490. The predicted octanol–water partition coefficient (Wildman–Crippen LogP) is 5.26. The van der Waals surface area contributed by atoms with Gasteiger partial charge in [-0.3, -0.25) is 4.98 Å². The molecule has 35 heavy (non-hydrogen) atoms. The first-order valence-corrected chi connectivity index (χ1v) is 12.5. The fourth-order valence-corrected chi connectivity index (χ4v) is 5.39. The van der Waals surface area contributed by atoms with Crippen LogP contribution in [0.25, 0.3) is 0 Å². The third kappa shape index (κ3) is 5.24. The van der Waals surface area contributed by atoms with Gasteiger partial charge in [-0.05, 0) is 97.2 Å². The minimum Gasteiger partial charge on any atom is -0.478 e. The standard InChI is InChI=1S/C29H33N3O3/c1-32(24-5-2-20(3-6-24)21-12-16-35-17-13-21)25-7-8-26-22(18-25)10-15-31-28(26)9-4-23-19-30-14-11-27(23)29(33)34/h2-3,5-8,11,14,18-19,21,28,31H,4,9-10,12-13,15-17H2,1H3,(H,33,34)/t28-/m1/s1. The molecule has 0 amide bonds. The topological polar surface area (TPSA) is 74.7 Å². The third-order valence-electron chi connectivity index (χ3n) is 7.48. The van der Waals surface area contributed by atoms with E-state index in [1.807, 2.05) is 0 Å². The molecule has 1 atom stereocenters. The molecule has 0 aliphatic carbocycles. The summed E-state index contributed by atoms with van der Waals surface area (Å²) < 4.78 is 5.51. The molecule has 1 fully saturated rings. The summed E-state index contributed by atoms with van der Waals surface area (Å²) in [6, 6.07) is 17.5. The van der Waals surface area contributed by atoms with Gasteiger partial charge in [0.25, 0.3) is 0 Å². The minimum atomic E-state index is -0.895. The Bertz CT molecular complexity index is 1170. The number of ether oxygens (including phenoxy) is 1. The van der Waals surface area contributed by atoms with Crippen LogP contribution in [0.1, 0.15) is 63.8 Å². The highest BCUT2D eigenvalue weighted by molar-refractivity contribution is 5.89. The van der Waals surface area contributed by atoms with Crippen LogP contribution in [0, 0.1) is 0 Å². The lowest BCUT2D eigenvalue weighted by Crippen LogP contribution is -2.30. The highest BCUT2D eigenvalue weighted by atomic mass is 16.5. The van der Waals surface area contributed by atoms with Gasteiger partial charge in [-0.2, -0.15) is 0 Å². The molecule has 0 radical (unpaired) electrons. The molecule has 0 unspecified atom stereocenters. The second-order valence-corrected chi connectivity index (χ2v) is 9.55. The number of carboxylic acids is 1. The van der Waals surface area contributed by atoms with Gasteiger partial charge in [0.05, 0.1) is 5.56 Å².